The molecule has 2 aromatic rings. The van der Waals surface area contributed by atoms with Gasteiger partial charge in [-0.1, -0.05) is 0 Å². The van der Waals surface area contributed by atoms with Gasteiger partial charge in [0.25, 0.3) is 0 Å². The van der Waals surface area contributed by atoms with E-state index in [1.807, 2.05) is 0 Å². The van der Waals surface area contributed by atoms with Crippen LogP contribution in [-0.4, -0.2) is 66.4 Å². The lowest BCUT2D eigenvalue weighted by Gasteiger charge is -2.16. The Balaban J connectivity index is 2.11. The highest BCUT2D eigenvalue weighted by atomic mass is 16.6. The quantitative estimate of drug-likeness (QED) is 0.585. The van der Waals surface area contributed by atoms with E-state index in [1.165, 1.54) is 10.9 Å². The number of aliphatic hydroxyl groups excluding tert-OH is 3. The van der Waals surface area contributed by atoms with E-state index in [4.69, 9.17) is 9.84 Å². The zero-order chi connectivity index (χ0) is 15.1. The first kappa shape index (κ1) is 14.1. The third-order valence-corrected chi connectivity index (χ3v) is 3.67. The molecule has 0 spiro atoms. The van der Waals surface area contributed by atoms with Crippen molar-refractivity contribution in [3.05, 3.63) is 18.1 Å². The molecule has 2 aromatic heterocycles. The van der Waals surface area contributed by atoms with Gasteiger partial charge < -0.3 is 24.6 Å². The molecule has 3 heterocycles. The fourth-order valence-corrected chi connectivity index (χ4v) is 2.56. The minimum absolute atomic E-state index is 0.376. The summed E-state index contributed by atoms with van der Waals surface area (Å²) in [7, 11) is 3.46. The first-order valence-electron chi connectivity index (χ1n) is 6.52. The van der Waals surface area contributed by atoms with Crippen LogP contribution in [0.5, 0.6) is 0 Å². The average molecular weight is 295 g/mol. The van der Waals surface area contributed by atoms with Crippen LogP contribution in [0.15, 0.2) is 17.6 Å². The van der Waals surface area contributed by atoms with E-state index in [1.54, 1.807) is 25.0 Å². The maximum absolute atomic E-state index is 10.1. The van der Waals surface area contributed by atoms with Crippen LogP contribution in [0.4, 0.5) is 0 Å². The molecule has 114 valence electrons. The van der Waals surface area contributed by atoms with Gasteiger partial charge in [-0.05, 0) is 0 Å². The second kappa shape index (κ2) is 5.19. The largest absolute Gasteiger partial charge is 0.394 e. The molecule has 9 heteroatoms. The summed E-state index contributed by atoms with van der Waals surface area (Å²) in [6, 6.07) is 0. The molecule has 1 saturated heterocycles. The van der Waals surface area contributed by atoms with Gasteiger partial charge in [-0.3, -0.25) is 9.56 Å². The van der Waals surface area contributed by atoms with Crippen molar-refractivity contribution in [3.8, 4) is 0 Å². The van der Waals surface area contributed by atoms with Gasteiger partial charge in [0.05, 0.1) is 19.3 Å². The van der Waals surface area contributed by atoms with Gasteiger partial charge in [0.1, 0.15) is 18.3 Å². The molecule has 21 heavy (non-hydrogen) atoms. The number of rotatable bonds is 2. The third kappa shape index (κ3) is 2.05. The normalized spacial score (nSPS) is 30.4. The van der Waals surface area contributed by atoms with Crippen molar-refractivity contribution in [2.75, 3.05) is 13.7 Å². The standard InChI is InChI=1S/C12H17N5O4/c1-13-10-7-11(15-4-16(10)2)17(5-14-7)12-9(20)8(19)6(3-18)21-12/h4-6,8-9,12,18-20H,3H2,1-2H3/t6-,8-,9-,12-/m1/s1. The highest BCUT2D eigenvalue weighted by molar-refractivity contribution is 5.68. The predicted molar refractivity (Wildman–Crippen MR) is 71.0 cm³/mol. The van der Waals surface area contributed by atoms with Gasteiger partial charge in [0, 0.05) is 14.1 Å². The Kier molecular flexibility index (Phi) is 3.49. The zero-order valence-corrected chi connectivity index (χ0v) is 11.7. The summed E-state index contributed by atoms with van der Waals surface area (Å²) >= 11 is 0. The number of aliphatic hydroxyl groups is 3. The van der Waals surface area contributed by atoms with Gasteiger partial charge in [0.15, 0.2) is 22.9 Å². The molecule has 4 atom stereocenters. The first-order chi connectivity index (χ1) is 10.1. The second-order valence-electron chi connectivity index (χ2n) is 4.96. The van der Waals surface area contributed by atoms with E-state index < -0.39 is 24.5 Å². The minimum Gasteiger partial charge on any atom is -0.394 e. The molecular weight excluding hydrogens is 278 g/mol. The van der Waals surface area contributed by atoms with Crippen LogP contribution in [0.2, 0.25) is 0 Å². The highest BCUT2D eigenvalue weighted by Crippen LogP contribution is 2.30. The van der Waals surface area contributed by atoms with Crippen LogP contribution in [0, 0.1) is 0 Å². The SMILES string of the molecule is CN=c1c2ncn([C@@H]3O[C@H](CO)[C@@H](O)[C@H]3O)c2ncn1C. The summed E-state index contributed by atoms with van der Waals surface area (Å²) in [5.41, 5.74) is 1.70. The van der Waals surface area contributed by atoms with Crippen molar-refractivity contribution in [1.29, 1.82) is 0 Å². The number of nitrogens with zero attached hydrogens (tertiary/aromatic N) is 5. The maximum atomic E-state index is 10.1. The van der Waals surface area contributed by atoms with Crippen molar-refractivity contribution in [2.45, 2.75) is 24.5 Å². The number of hydrogen-bond donors (Lipinski definition) is 3. The van der Waals surface area contributed by atoms with Crippen molar-refractivity contribution in [2.24, 2.45) is 12.0 Å². The van der Waals surface area contributed by atoms with E-state index in [-0.39, 0.29) is 6.61 Å². The summed E-state index contributed by atoms with van der Waals surface area (Å²) in [4.78, 5) is 12.7. The van der Waals surface area contributed by atoms with Crippen LogP contribution in [0.25, 0.3) is 11.2 Å². The molecule has 3 N–H and O–H groups in total. The molecule has 0 aromatic carbocycles. The molecule has 0 bridgehead atoms. The van der Waals surface area contributed by atoms with Gasteiger partial charge in [0.2, 0.25) is 0 Å². The lowest BCUT2D eigenvalue weighted by atomic mass is 10.1. The minimum atomic E-state index is -1.17. The van der Waals surface area contributed by atoms with Crippen LogP contribution in [0.3, 0.4) is 0 Å². The molecule has 1 aliphatic rings. The molecule has 1 aliphatic heterocycles. The Morgan fingerprint density at radius 1 is 1.29 bits per heavy atom. The third-order valence-electron chi connectivity index (χ3n) is 3.67. The highest BCUT2D eigenvalue weighted by Gasteiger charge is 2.43. The number of ether oxygens (including phenoxy) is 1. The maximum Gasteiger partial charge on any atom is 0.167 e. The van der Waals surface area contributed by atoms with Crippen LogP contribution >= 0.6 is 0 Å². The Morgan fingerprint density at radius 3 is 2.67 bits per heavy atom. The fraction of sp³-hybridized carbons (Fsp3) is 0.583. The lowest BCUT2D eigenvalue weighted by Crippen LogP contribution is -2.33. The zero-order valence-electron chi connectivity index (χ0n) is 11.7. The van der Waals surface area contributed by atoms with E-state index >= 15 is 0 Å². The van der Waals surface area contributed by atoms with Crippen LogP contribution in [0.1, 0.15) is 6.23 Å². The smallest absolute Gasteiger partial charge is 0.167 e. The molecule has 0 aliphatic carbocycles. The number of hydrogen-bond acceptors (Lipinski definition) is 7. The summed E-state index contributed by atoms with van der Waals surface area (Å²) < 4.78 is 8.76. The van der Waals surface area contributed by atoms with Gasteiger partial charge in [-0.15, -0.1) is 0 Å². The fourth-order valence-electron chi connectivity index (χ4n) is 2.56. The van der Waals surface area contributed by atoms with Crippen molar-refractivity contribution in [3.63, 3.8) is 0 Å². The van der Waals surface area contributed by atoms with E-state index in [2.05, 4.69) is 15.0 Å². The van der Waals surface area contributed by atoms with E-state index in [0.29, 0.717) is 16.7 Å². The van der Waals surface area contributed by atoms with Crippen molar-refractivity contribution >= 4 is 11.2 Å². The van der Waals surface area contributed by atoms with E-state index in [0.717, 1.165) is 0 Å². The Bertz CT molecular complexity index is 724. The number of aryl methyl sites for hydroxylation is 1. The van der Waals surface area contributed by atoms with Crippen molar-refractivity contribution < 1.29 is 20.1 Å². The molecule has 1 fully saturated rings. The Labute approximate surface area is 119 Å². The van der Waals surface area contributed by atoms with Crippen molar-refractivity contribution in [1.82, 2.24) is 19.1 Å². The predicted octanol–water partition coefficient (Wildman–Crippen LogP) is -2.09. The summed E-state index contributed by atoms with van der Waals surface area (Å²) in [6.07, 6.45) is -0.953. The summed E-state index contributed by atoms with van der Waals surface area (Å²) in [6.45, 7) is -0.376. The Morgan fingerprint density at radius 2 is 2.05 bits per heavy atom. The number of fused-ring (bicyclic) bond motifs is 1. The molecule has 0 saturated carbocycles. The molecular formula is C12H17N5O4. The van der Waals surface area contributed by atoms with E-state index in [9.17, 15) is 10.2 Å². The molecule has 0 unspecified atom stereocenters. The average Bonchev–Trinajstić information content (AvgIpc) is 3.02. The lowest BCUT2D eigenvalue weighted by molar-refractivity contribution is -0.0511. The Hall–Kier alpha value is -1.81. The van der Waals surface area contributed by atoms with Crippen LogP contribution in [-0.2, 0) is 11.8 Å². The topological polar surface area (TPSA) is 118 Å². The number of imidazole rings is 1. The number of aromatic nitrogens is 4. The van der Waals surface area contributed by atoms with Gasteiger partial charge in [-0.25, -0.2) is 9.97 Å². The summed E-state index contributed by atoms with van der Waals surface area (Å²) in [5.74, 6) is 0. The van der Waals surface area contributed by atoms with Crippen LogP contribution < -0.4 is 5.49 Å². The molecule has 0 radical (unpaired) electrons. The summed E-state index contributed by atoms with van der Waals surface area (Å²) in [5, 5.41) is 29.1. The second-order valence-corrected chi connectivity index (χ2v) is 4.96. The first-order valence-corrected chi connectivity index (χ1v) is 6.52. The van der Waals surface area contributed by atoms with Gasteiger partial charge in [-0.2, -0.15) is 0 Å². The molecule has 0 amide bonds. The molecule has 9 nitrogen and oxygen atoms in total. The monoisotopic (exact) mass is 295 g/mol. The van der Waals surface area contributed by atoms with Gasteiger partial charge >= 0.3 is 0 Å². The molecule has 3 rings (SSSR count).